The Morgan fingerprint density at radius 2 is 1.40 bits per heavy atom. The number of rotatable bonds is 4. The Hall–Kier alpha value is -3.59. The summed E-state index contributed by atoms with van der Waals surface area (Å²) in [5.41, 5.74) is 6.12. The molecule has 0 bridgehead atoms. The molecule has 0 amide bonds. The molecule has 3 heterocycles. The number of hydrogen-bond acceptors (Lipinski definition) is 3. The fraction of sp³-hybridized carbons (Fsp3) is 0.410. The fourth-order valence-corrected chi connectivity index (χ4v) is 5.79. The Morgan fingerprint density at radius 3 is 1.81 bits per heavy atom. The summed E-state index contributed by atoms with van der Waals surface area (Å²) in [6, 6.07) is 18.2. The van der Waals surface area contributed by atoms with E-state index >= 15 is 0 Å². The van der Waals surface area contributed by atoms with Crippen LogP contribution < -0.4 is 0 Å². The molecule has 0 aliphatic heterocycles. The molecule has 0 aromatic carbocycles. The third-order valence-corrected chi connectivity index (χ3v) is 7.95. The van der Waals surface area contributed by atoms with E-state index in [2.05, 4.69) is 86.1 Å². The summed E-state index contributed by atoms with van der Waals surface area (Å²) >= 11 is 0. The maximum Gasteiger partial charge on any atom is 0.0623 e. The van der Waals surface area contributed by atoms with E-state index in [-0.39, 0.29) is 0 Å². The lowest BCUT2D eigenvalue weighted by atomic mass is 9.74. The van der Waals surface area contributed by atoms with E-state index < -0.39 is 0 Å². The maximum atomic E-state index is 4.48. The molecule has 5 atom stereocenters. The first-order valence-corrected chi connectivity index (χ1v) is 15.6. The zero-order valence-corrected chi connectivity index (χ0v) is 26.9. The smallest absolute Gasteiger partial charge is 0.0623 e. The minimum absolute atomic E-state index is 0.625. The Morgan fingerprint density at radius 1 is 0.810 bits per heavy atom. The van der Waals surface area contributed by atoms with Crippen molar-refractivity contribution in [1.29, 1.82) is 0 Å². The van der Waals surface area contributed by atoms with Gasteiger partial charge in [0.25, 0.3) is 0 Å². The van der Waals surface area contributed by atoms with Gasteiger partial charge in [0, 0.05) is 41.8 Å². The van der Waals surface area contributed by atoms with E-state index in [0.29, 0.717) is 17.8 Å². The summed E-state index contributed by atoms with van der Waals surface area (Å²) in [6.45, 7) is 20.4. The zero-order chi connectivity index (χ0) is 30.7. The van der Waals surface area contributed by atoms with Crippen LogP contribution in [-0.2, 0) is 0 Å². The average molecular weight is 564 g/mol. The van der Waals surface area contributed by atoms with Crippen LogP contribution in [0.15, 0.2) is 116 Å². The van der Waals surface area contributed by atoms with Gasteiger partial charge in [-0.15, -0.1) is 0 Å². The molecule has 0 spiro atoms. The molecule has 42 heavy (non-hydrogen) atoms. The van der Waals surface area contributed by atoms with Crippen molar-refractivity contribution in [3.63, 3.8) is 0 Å². The van der Waals surface area contributed by atoms with Gasteiger partial charge in [-0.05, 0) is 107 Å². The Labute approximate surface area is 256 Å². The molecular formula is C39H53N3. The van der Waals surface area contributed by atoms with E-state index in [4.69, 9.17) is 0 Å². The average Bonchev–Trinajstić information content (AvgIpc) is 2.99. The molecule has 3 nitrogen and oxygen atoms in total. The molecular weight excluding hydrogens is 510 g/mol. The Balaban J connectivity index is 0.000000207. The first-order valence-electron chi connectivity index (χ1n) is 15.6. The fourth-order valence-electron chi connectivity index (χ4n) is 5.79. The van der Waals surface area contributed by atoms with Crippen LogP contribution in [0.1, 0.15) is 103 Å². The van der Waals surface area contributed by atoms with Crippen molar-refractivity contribution in [3.05, 3.63) is 133 Å². The summed E-state index contributed by atoms with van der Waals surface area (Å²) < 4.78 is 0. The predicted octanol–water partition coefficient (Wildman–Crippen LogP) is 11.0. The summed E-state index contributed by atoms with van der Waals surface area (Å²) in [6.07, 6.45) is 20.1. The molecule has 1 fully saturated rings. The normalized spacial score (nSPS) is 23.0. The van der Waals surface area contributed by atoms with Crippen molar-refractivity contribution in [2.75, 3.05) is 0 Å². The minimum Gasteiger partial charge on any atom is -0.261 e. The van der Waals surface area contributed by atoms with Crippen LogP contribution in [0.25, 0.3) is 6.08 Å². The van der Waals surface area contributed by atoms with Crippen molar-refractivity contribution < 1.29 is 0 Å². The summed E-state index contributed by atoms with van der Waals surface area (Å²) in [4.78, 5) is 12.9. The zero-order valence-electron chi connectivity index (χ0n) is 26.9. The largest absolute Gasteiger partial charge is 0.261 e. The molecule has 2 aliphatic rings. The summed E-state index contributed by atoms with van der Waals surface area (Å²) in [5, 5.41) is 0. The number of aromatic nitrogens is 3. The highest BCUT2D eigenvalue weighted by molar-refractivity contribution is 5.40. The minimum atomic E-state index is 0.625. The topological polar surface area (TPSA) is 38.7 Å². The molecule has 5 rings (SSSR count). The molecule has 3 aromatic heterocycles. The number of nitrogens with zero attached hydrogens (tertiary/aromatic N) is 3. The molecule has 0 radical (unpaired) electrons. The summed E-state index contributed by atoms with van der Waals surface area (Å²) in [5.74, 6) is 3.67. The van der Waals surface area contributed by atoms with Gasteiger partial charge in [-0.25, -0.2) is 0 Å². The molecule has 3 aromatic rings. The number of allylic oxidation sites excluding steroid dienone is 5. The van der Waals surface area contributed by atoms with E-state index in [0.717, 1.165) is 23.1 Å². The highest BCUT2D eigenvalue weighted by Crippen LogP contribution is 2.39. The third-order valence-electron chi connectivity index (χ3n) is 7.95. The second-order valence-corrected chi connectivity index (χ2v) is 11.8. The van der Waals surface area contributed by atoms with Crippen LogP contribution in [0.5, 0.6) is 0 Å². The lowest BCUT2D eigenvalue weighted by Crippen LogP contribution is -2.20. The predicted molar refractivity (Wildman–Crippen MR) is 182 cm³/mol. The van der Waals surface area contributed by atoms with Gasteiger partial charge in [0.2, 0.25) is 0 Å². The van der Waals surface area contributed by atoms with E-state index in [1.165, 1.54) is 49.1 Å². The SMILES string of the molecule is C=C(C)/C=C/C.C=Cc1ccccn1.CC1=CC(C)C(c2ccccn2)CC1.CC1CCC(c2ccccn2)C(C)C1. The van der Waals surface area contributed by atoms with E-state index in [9.17, 15) is 0 Å². The standard InChI is InChI=1S/C13H19N.C13H17N.C7H7N.C6H10/c2*1-10-6-7-12(11(2)9-10)13-5-3-4-8-14-13;1-2-7-5-3-4-6-8-7;1-4-5-6(2)3/h3-5,8,10-12H,6-7,9H2,1-2H3;3-5,8-9,11-12H,6-7H2,1-2H3;2-6H,1H2;4-5H,2H2,1,3H3/b;;;5-4+. The van der Waals surface area contributed by atoms with Crippen molar-refractivity contribution in [3.8, 4) is 0 Å². The van der Waals surface area contributed by atoms with Gasteiger partial charge in [0.15, 0.2) is 0 Å². The monoisotopic (exact) mass is 563 g/mol. The molecule has 224 valence electrons. The first-order chi connectivity index (χ1) is 20.2. The van der Waals surface area contributed by atoms with Crippen LogP contribution in [-0.4, -0.2) is 15.0 Å². The second-order valence-electron chi connectivity index (χ2n) is 11.8. The molecule has 5 unspecified atom stereocenters. The highest BCUT2D eigenvalue weighted by atomic mass is 14.7. The van der Waals surface area contributed by atoms with Crippen molar-refractivity contribution in [1.82, 2.24) is 15.0 Å². The van der Waals surface area contributed by atoms with Crippen LogP contribution in [0.3, 0.4) is 0 Å². The number of hydrogen-bond donors (Lipinski definition) is 0. The van der Waals surface area contributed by atoms with Gasteiger partial charge in [-0.2, -0.15) is 0 Å². The van der Waals surface area contributed by atoms with Crippen LogP contribution in [0, 0.1) is 17.8 Å². The quantitative estimate of drug-likeness (QED) is 0.234. The number of pyridine rings is 3. The lowest BCUT2D eigenvalue weighted by Gasteiger charge is -2.32. The van der Waals surface area contributed by atoms with Crippen LogP contribution in [0.2, 0.25) is 0 Å². The third kappa shape index (κ3) is 12.9. The van der Waals surface area contributed by atoms with Crippen molar-refractivity contribution in [2.24, 2.45) is 17.8 Å². The highest BCUT2D eigenvalue weighted by Gasteiger charge is 2.27. The lowest BCUT2D eigenvalue weighted by molar-refractivity contribution is 0.258. The maximum absolute atomic E-state index is 4.48. The van der Waals surface area contributed by atoms with Gasteiger partial charge in [-0.3, -0.25) is 15.0 Å². The van der Waals surface area contributed by atoms with Gasteiger partial charge < -0.3 is 0 Å². The Bertz CT molecular complexity index is 1210. The Kier molecular flexibility index (Phi) is 16.1. The van der Waals surface area contributed by atoms with Gasteiger partial charge >= 0.3 is 0 Å². The van der Waals surface area contributed by atoms with Gasteiger partial charge in [-0.1, -0.05) is 87.9 Å². The van der Waals surface area contributed by atoms with Crippen LogP contribution in [0.4, 0.5) is 0 Å². The van der Waals surface area contributed by atoms with Gasteiger partial charge in [0.05, 0.1) is 5.69 Å². The van der Waals surface area contributed by atoms with Gasteiger partial charge in [0.1, 0.15) is 0 Å². The molecule has 0 saturated heterocycles. The molecule has 0 N–H and O–H groups in total. The first kappa shape index (κ1) is 34.6. The van der Waals surface area contributed by atoms with E-state index in [1.54, 1.807) is 12.3 Å². The summed E-state index contributed by atoms with van der Waals surface area (Å²) in [7, 11) is 0. The second kappa shape index (κ2) is 19.5. The molecule has 2 aliphatic carbocycles. The van der Waals surface area contributed by atoms with E-state index in [1.807, 2.05) is 68.7 Å². The van der Waals surface area contributed by atoms with Crippen molar-refractivity contribution >= 4 is 6.08 Å². The molecule has 3 heteroatoms. The van der Waals surface area contributed by atoms with Crippen LogP contribution >= 0.6 is 0 Å². The molecule has 1 saturated carbocycles. The van der Waals surface area contributed by atoms with Crippen molar-refractivity contribution in [2.45, 2.75) is 85.5 Å².